The molecule has 1 N–H and O–H groups in total. The van der Waals surface area contributed by atoms with Gasteiger partial charge in [-0.25, -0.2) is 0 Å². The van der Waals surface area contributed by atoms with Crippen molar-refractivity contribution in [1.29, 1.82) is 0 Å². The largest absolute Gasteiger partial charge is 0.377 e. The summed E-state index contributed by atoms with van der Waals surface area (Å²) < 4.78 is 5.49. The molecule has 21 heavy (non-hydrogen) atoms. The second-order valence-corrected chi connectivity index (χ2v) is 5.15. The summed E-state index contributed by atoms with van der Waals surface area (Å²) in [6.45, 7) is 4.63. The highest BCUT2D eigenvalue weighted by Crippen LogP contribution is 2.23. The van der Waals surface area contributed by atoms with Crippen molar-refractivity contribution in [1.82, 2.24) is 14.9 Å². The first-order chi connectivity index (χ1) is 10.3. The predicted octanol–water partition coefficient (Wildman–Crippen LogP) is 2.14. The summed E-state index contributed by atoms with van der Waals surface area (Å²) in [6, 6.07) is 1.81. The number of amides is 1. The van der Waals surface area contributed by atoms with Crippen LogP contribution in [-0.2, 0) is 24.3 Å². The monoisotopic (exact) mass is 285 g/mol. The van der Waals surface area contributed by atoms with Crippen molar-refractivity contribution >= 4 is 5.91 Å². The standard InChI is InChI=1S/C16H19N3O2/c1-2-21-11-14-9-18-8-13-10-19(6-4-15(13)14)16(20)12-3-5-17-7-12/h3,5,7-9,17H,2,4,6,10-11H2,1H3. The van der Waals surface area contributed by atoms with E-state index < -0.39 is 0 Å². The number of nitrogens with one attached hydrogen (secondary N) is 1. The lowest BCUT2D eigenvalue weighted by atomic mass is 9.97. The molecular weight excluding hydrogens is 266 g/mol. The van der Waals surface area contributed by atoms with Gasteiger partial charge in [0.15, 0.2) is 0 Å². The highest BCUT2D eigenvalue weighted by Gasteiger charge is 2.23. The van der Waals surface area contributed by atoms with Crippen molar-refractivity contribution in [2.45, 2.75) is 26.5 Å². The molecule has 110 valence electrons. The summed E-state index contributed by atoms with van der Waals surface area (Å²) >= 11 is 0. The number of aromatic amines is 1. The van der Waals surface area contributed by atoms with Crippen LogP contribution in [0.1, 0.15) is 34.0 Å². The zero-order valence-electron chi connectivity index (χ0n) is 12.1. The van der Waals surface area contributed by atoms with Gasteiger partial charge in [-0.1, -0.05) is 0 Å². The van der Waals surface area contributed by atoms with Gasteiger partial charge in [0.25, 0.3) is 5.91 Å². The van der Waals surface area contributed by atoms with Gasteiger partial charge in [0.05, 0.1) is 12.2 Å². The van der Waals surface area contributed by atoms with Crippen LogP contribution >= 0.6 is 0 Å². The number of ether oxygens (including phenoxy) is 1. The molecule has 5 nitrogen and oxygen atoms in total. The van der Waals surface area contributed by atoms with Crippen molar-refractivity contribution in [3.63, 3.8) is 0 Å². The molecule has 5 heteroatoms. The molecule has 0 spiro atoms. The van der Waals surface area contributed by atoms with Crippen LogP contribution in [-0.4, -0.2) is 33.9 Å². The van der Waals surface area contributed by atoms with E-state index in [1.807, 2.05) is 30.3 Å². The molecule has 0 bridgehead atoms. The fraction of sp³-hybridized carbons (Fsp3) is 0.375. The van der Waals surface area contributed by atoms with E-state index in [1.54, 1.807) is 12.4 Å². The third-order valence-electron chi connectivity index (χ3n) is 3.82. The Morgan fingerprint density at radius 1 is 1.48 bits per heavy atom. The number of hydrogen-bond donors (Lipinski definition) is 1. The minimum atomic E-state index is 0.0668. The third kappa shape index (κ3) is 2.83. The molecule has 2 aromatic heterocycles. The van der Waals surface area contributed by atoms with E-state index in [-0.39, 0.29) is 5.91 Å². The molecule has 0 radical (unpaired) electrons. The number of nitrogens with zero attached hydrogens (tertiary/aromatic N) is 2. The quantitative estimate of drug-likeness (QED) is 0.936. The van der Waals surface area contributed by atoms with Gasteiger partial charge in [-0.2, -0.15) is 0 Å². The van der Waals surface area contributed by atoms with Gasteiger partial charge in [-0.3, -0.25) is 9.78 Å². The second kappa shape index (κ2) is 6.10. The molecule has 0 fully saturated rings. The number of carbonyl (C=O) groups excluding carboxylic acids is 1. The van der Waals surface area contributed by atoms with E-state index in [2.05, 4.69) is 9.97 Å². The number of aromatic nitrogens is 2. The van der Waals surface area contributed by atoms with Crippen molar-refractivity contribution in [3.8, 4) is 0 Å². The Morgan fingerprint density at radius 3 is 3.14 bits per heavy atom. The Hall–Kier alpha value is -2.14. The topological polar surface area (TPSA) is 58.2 Å². The minimum Gasteiger partial charge on any atom is -0.377 e. The van der Waals surface area contributed by atoms with Gasteiger partial charge < -0.3 is 14.6 Å². The Bertz CT molecular complexity index is 622. The summed E-state index contributed by atoms with van der Waals surface area (Å²) in [6.07, 6.45) is 8.10. The zero-order valence-corrected chi connectivity index (χ0v) is 12.1. The smallest absolute Gasteiger partial charge is 0.255 e. The van der Waals surface area contributed by atoms with E-state index >= 15 is 0 Å². The normalized spacial score (nSPS) is 14.0. The van der Waals surface area contributed by atoms with Gasteiger partial charge in [-0.15, -0.1) is 0 Å². The van der Waals surface area contributed by atoms with Gasteiger partial charge in [-0.05, 0) is 36.1 Å². The van der Waals surface area contributed by atoms with Crippen LogP contribution in [0.4, 0.5) is 0 Å². The third-order valence-corrected chi connectivity index (χ3v) is 3.82. The lowest BCUT2D eigenvalue weighted by molar-refractivity contribution is 0.0733. The van der Waals surface area contributed by atoms with Crippen LogP contribution in [0.2, 0.25) is 0 Å². The van der Waals surface area contributed by atoms with Gasteiger partial charge in [0, 0.05) is 44.5 Å². The van der Waals surface area contributed by atoms with Crippen molar-refractivity contribution < 1.29 is 9.53 Å². The number of rotatable bonds is 4. The lowest BCUT2D eigenvalue weighted by Crippen LogP contribution is -2.36. The van der Waals surface area contributed by atoms with E-state index in [9.17, 15) is 4.79 Å². The molecule has 1 amide bonds. The maximum absolute atomic E-state index is 12.4. The van der Waals surface area contributed by atoms with Crippen LogP contribution in [0, 0.1) is 0 Å². The molecule has 0 saturated heterocycles. The summed E-state index contributed by atoms with van der Waals surface area (Å²) in [5.41, 5.74) is 4.26. The Morgan fingerprint density at radius 2 is 2.38 bits per heavy atom. The van der Waals surface area contributed by atoms with E-state index in [0.717, 1.165) is 24.1 Å². The average Bonchev–Trinajstić information content (AvgIpc) is 3.06. The van der Waals surface area contributed by atoms with Gasteiger partial charge in [0.2, 0.25) is 0 Å². The number of pyridine rings is 1. The highest BCUT2D eigenvalue weighted by atomic mass is 16.5. The SMILES string of the molecule is CCOCc1cncc2c1CCN(C(=O)c1cc[nH]c1)C2. The molecule has 0 unspecified atom stereocenters. The minimum absolute atomic E-state index is 0.0668. The molecule has 3 heterocycles. The first kappa shape index (κ1) is 13.8. The summed E-state index contributed by atoms with van der Waals surface area (Å²) in [5, 5.41) is 0. The molecule has 1 aliphatic heterocycles. The molecule has 3 rings (SSSR count). The highest BCUT2D eigenvalue weighted by molar-refractivity contribution is 5.94. The molecular formula is C16H19N3O2. The molecule has 0 aliphatic carbocycles. The Kier molecular flexibility index (Phi) is 4.01. The first-order valence-electron chi connectivity index (χ1n) is 7.24. The van der Waals surface area contributed by atoms with Crippen LogP contribution in [0.3, 0.4) is 0 Å². The molecule has 0 saturated carbocycles. The number of hydrogen-bond acceptors (Lipinski definition) is 3. The van der Waals surface area contributed by atoms with Gasteiger partial charge in [0.1, 0.15) is 0 Å². The van der Waals surface area contributed by atoms with Crippen LogP contribution in [0.5, 0.6) is 0 Å². The summed E-state index contributed by atoms with van der Waals surface area (Å²) in [4.78, 5) is 21.5. The van der Waals surface area contributed by atoms with E-state index in [4.69, 9.17) is 4.74 Å². The van der Waals surface area contributed by atoms with E-state index in [1.165, 1.54) is 5.56 Å². The molecule has 0 atom stereocenters. The number of fused-ring (bicyclic) bond motifs is 1. The lowest BCUT2D eigenvalue weighted by Gasteiger charge is -2.29. The number of carbonyl (C=O) groups is 1. The van der Waals surface area contributed by atoms with E-state index in [0.29, 0.717) is 25.3 Å². The van der Waals surface area contributed by atoms with Crippen molar-refractivity contribution in [3.05, 3.63) is 53.1 Å². The van der Waals surface area contributed by atoms with Crippen molar-refractivity contribution in [2.24, 2.45) is 0 Å². The molecule has 2 aromatic rings. The maximum atomic E-state index is 12.4. The summed E-state index contributed by atoms with van der Waals surface area (Å²) in [7, 11) is 0. The number of H-pyrrole nitrogens is 1. The first-order valence-corrected chi connectivity index (χ1v) is 7.24. The van der Waals surface area contributed by atoms with Gasteiger partial charge >= 0.3 is 0 Å². The molecule has 0 aromatic carbocycles. The van der Waals surface area contributed by atoms with Crippen LogP contribution in [0.25, 0.3) is 0 Å². The maximum Gasteiger partial charge on any atom is 0.255 e. The van der Waals surface area contributed by atoms with Crippen LogP contribution in [0.15, 0.2) is 30.9 Å². The Labute approximate surface area is 124 Å². The van der Waals surface area contributed by atoms with Crippen molar-refractivity contribution in [2.75, 3.05) is 13.2 Å². The average molecular weight is 285 g/mol. The predicted molar refractivity (Wildman–Crippen MR) is 78.8 cm³/mol. The summed E-state index contributed by atoms with van der Waals surface area (Å²) in [5.74, 6) is 0.0668. The fourth-order valence-electron chi connectivity index (χ4n) is 2.72. The molecule has 1 aliphatic rings. The fourth-order valence-corrected chi connectivity index (χ4v) is 2.72. The Balaban J connectivity index is 1.78. The zero-order chi connectivity index (χ0) is 14.7. The van der Waals surface area contributed by atoms with Crippen LogP contribution < -0.4 is 0 Å². The second-order valence-electron chi connectivity index (χ2n) is 5.15.